The normalized spacial score (nSPS) is 14.3. The Hall–Kier alpha value is -2.24. The summed E-state index contributed by atoms with van der Waals surface area (Å²) >= 11 is 3.41. The Labute approximate surface area is 177 Å². The summed E-state index contributed by atoms with van der Waals surface area (Å²) in [6, 6.07) is 1.76. The Balaban J connectivity index is 1.83. The van der Waals surface area contributed by atoms with Gasteiger partial charge in [0.25, 0.3) is 0 Å². The molecule has 0 aliphatic carbocycles. The number of ether oxygens (including phenoxy) is 2. The van der Waals surface area contributed by atoms with Gasteiger partial charge in [0.1, 0.15) is 5.52 Å². The number of carboxylic acid groups (broad SMARTS) is 1. The van der Waals surface area contributed by atoms with Gasteiger partial charge in [0.15, 0.2) is 23.6 Å². The van der Waals surface area contributed by atoms with Crippen molar-refractivity contribution in [3.8, 4) is 0 Å². The molecule has 0 aromatic carbocycles. The van der Waals surface area contributed by atoms with E-state index in [1.54, 1.807) is 13.2 Å². The first-order valence-electron chi connectivity index (χ1n) is 9.44. The highest BCUT2D eigenvalue weighted by atomic mass is 79.9. The van der Waals surface area contributed by atoms with E-state index in [2.05, 4.69) is 36.2 Å². The molecule has 0 atom stereocenters. The van der Waals surface area contributed by atoms with Crippen LogP contribution in [-0.4, -0.2) is 83.3 Å². The van der Waals surface area contributed by atoms with Crippen LogP contribution in [0.25, 0.3) is 11.2 Å². The number of carbonyl (C=O) groups is 1. The highest BCUT2D eigenvalue weighted by Crippen LogP contribution is 2.30. The Bertz CT molecular complexity index is 858. The van der Waals surface area contributed by atoms with Gasteiger partial charge in [0.2, 0.25) is 0 Å². The zero-order valence-corrected chi connectivity index (χ0v) is 18.2. The summed E-state index contributed by atoms with van der Waals surface area (Å²) in [5, 5.41) is 12.4. The molecular weight excluding hydrogens is 444 g/mol. The lowest BCUT2D eigenvalue weighted by Gasteiger charge is -2.43. The number of pyridine rings is 1. The van der Waals surface area contributed by atoms with Crippen molar-refractivity contribution >= 4 is 44.8 Å². The molecule has 158 valence electrons. The van der Waals surface area contributed by atoms with E-state index in [0.29, 0.717) is 55.6 Å². The van der Waals surface area contributed by atoms with E-state index in [0.717, 1.165) is 4.47 Å². The van der Waals surface area contributed by atoms with Crippen molar-refractivity contribution in [3.05, 3.63) is 16.7 Å². The third kappa shape index (κ3) is 5.03. The minimum absolute atomic E-state index is 0.0877. The number of nitrogens with one attached hydrogen (secondary N) is 1. The van der Waals surface area contributed by atoms with Gasteiger partial charge in [-0.05, 0) is 35.8 Å². The first-order chi connectivity index (χ1) is 13.9. The summed E-state index contributed by atoms with van der Waals surface area (Å²) in [6.07, 6.45) is 0.323. The van der Waals surface area contributed by atoms with Gasteiger partial charge in [-0.25, -0.2) is 19.7 Å². The molecule has 3 heterocycles. The first-order valence-corrected chi connectivity index (χ1v) is 10.2. The van der Waals surface area contributed by atoms with Gasteiger partial charge in [-0.1, -0.05) is 0 Å². The van der Waals surface area contributed by atoms with Crippen LogP contribution in [0.1, 0.15) is 13.8 Å². The van der Waals surface area contributed by atoms with E-state index >= 15 is 0 Å². The fourth-order valence-corrected chi connectivity index (χ4v) is 3.32. The van der Waals surface area contributed by atoms with Crippen molar-refractivity contribution in [2.45, 2.75) is 26.2 Å². The van der Waals surface area contributed by atoms with Crippen LogP contribution in [0.2, 0.25) is 0 Å². The van der Waals surface area contributed by atoms with E-state index in [9.17, 15) is 4.79 Å². The first kappa shape index (κ1) is 21.5. The Morgan fingerprint density at radius 3 is 2.69 bits per heavy atom. The minimum Gasteiger partial charge on any atom is -0.465 e. The maximum absolute atomic E-state index is 11.2. The maximum atomic E-state index is 11.2. The molecule has 29 heavy (non-hydrogen) atoms. The molecule has 2 aromatic heterocycles. The van der Waals surface area contributed by atoms with Gasteiger partial charge in [0, 0.05) is 44.0 Å². The number of nitrogens with zero attached hydrogens (tertiary/aromatic N) is 5. The molecule has 1 saturated heterocycles. The average molecular weight is 469 g/mol. The lowest BCUT2D eigenvalue weighted by molar-refractivity contribution is -0.126. The molecule has 0 radical (unpaired) electrons. The van der Waals surface area contributed by atoms with Crippen LogP contribution in [0, 0.1) is 0 Å². The summed E-state index contributed by atoms with van der Waals surface area (Å²) in [5.41, 5.74) is 1.17. The van der Waals surface area contributed by atoms with Crippen LogP contribution in [-0.2, 0) is 9.47 Å². The lowest BCUT2D eigenvalue weighted by atomic mass is 10.1. The predicted molar refractivity (Wildman–Crippen MR) is 112 cm³/mol. The van der Waals surface area contributed by atoms with Crippen molar-refractivity contribution in [1.82, 2.24) is 19.9 Å². The number of aromatic nitrogens is 3. The number of halogens is 1. The second kappa shape index (κ2) is 9.51. The third-order valence-corrected chi connectivity index (χ3v) is 5.06. The third-order valence-electron chi connectivity index (χ3n) is 4.62. The highest BCUT2D eigenvalue weighted by molar-refractivity contribution is 9.10. The largest absolute Gasteiger partial charge is 0.465 e. The second-order valence-electron chi connectivity index (χ2n) is 6.57. The van der Waals surface area contributed by atoms with Gasteiger partial charge in [-0.15, -0.1) is 0 Å². The fourth-order valence-electron chi connectivity index (χ4n) is 3.00. The number of hydrogen-bond acceptors (Lipinski definition) is 8. The molecule has 1 aliphatic rings. The van der Waals surface area contributed by atoms with Crippen LogP contribution >= 0.6 is 15.9 Å². The maximum Gasteiger partial charge on any atom is 0.407 e. The molecule has 10 nitrogen and oxygen atoms in total. The van der Waals surface area contributed by atoms with Crippen LogP contribution in [0.3, 0.4) is 0 Å². The van der Waals surface area contributed by atoms with Gasteiger partial charge >= 0.3 is 6.09 Å². The topological polar surface area (TPSA) is 113 Å². The molecule has 0 unspecified atom stereocenters. The van der Waals surface area contributed by atoms with Crippen LogP contribution in [0.5, 0.6) is 0 Å². The Kier molecular flexibility index (Phi) is 7.04. The van der Waals surface area contributed by atoms with Gasteiger partial charge in [0.05, 0.1) is 12.6 Å². The SMILES string of the molecule is CCOC(CNc1nc2cc(Br)cnc2nc1N1CC(N(C)C(=O)O)C1)OCC. The van der Waals surface area contributed by atoms with Crippen LogP contribution < -0.4 is 10.2 Å². The van der Waals surface area contributed by atoms with Gasteiger partial charge in [-0.2, -0.15) is 0 Å². The summed E-state index contributed by atoms with van der Waals surface area (Å²) in [7, 11) is 1.57. The molecule has 2 aromatic rings. The van der Waals surface area contributed by atoms with E-state index in [-0.39, 0.29) is 6.04 Å². The zero-order valence-electron chi connectivity index (χ0n) is 16.6. The summed E-state index contributed by atoms with van der Waals surface area (Å²) in [4.78, 5) is 28.2. The molecule has 2 N–H and O–H groups in total. The average Bonchev–Trinajstić information content (AvgIpc) is 2.65. The number of hydrogen-bond donors (Lipinski definition) is 2. The monoisotopic (exact) mass is 468 g/mol. The molecule has 3 rings (SSSR count). The second-order valence-corrected chi connectivity index (χ2v) is 7.48. The smallest absolute Gasteiger partial charge is 0.407 e. The number of anilines is 2. The molecule has 0 saturated carbocycles. The Morgan fingerprint density at radius 2 is 2.07 bits per heavy atom. The molecule has 1 amide bonds. The quantitative estimate of drug-likeness (QED) is 0.535. The molecular formula is C18H25BrN6O4. The highest BCUT2D eigenvalue weighted by Gasteiger charge is 2.35. The minimum atomic E-state index is -0.944. The van der Waals surface area contributed by atoms with Crippen LogP contribution in [0.4, 0.5) is 16.4 Å². The molecule has 11 heteroatoms. The van der Waals surface area contributed by atoms with Gasteiger partial charge in [-0.3, -0.25) is 0 Å². The molecule has 1 fully saturated rings. The van der Waals surface area contributed by atoms with Crippen molar-refractivity contribution in [2.75, 3.05) is 50.1 Å². The lowest BCUT2D eigenvalue weighted by Crippen LogP contribution is -2.60. The van der Waals surface area contributed by atoms with Crippen molar-refractivity contribution in [1.29, 1.82) is 0 Å². The predicted octanol–water partition coefficient (Wildman–Crippen LogP) is 2.40. The number of amides is 1. The zero-order chi connectivity index (χ0) is 21.0. The number of rotatable bonds is 9. The number of fused-ring (bicyclic) bond motifs is 1. The van der Waals surface area contributed by atoms with E-state index in [4.69, 9.17) is 14.6 Å². The fraction of sp³-hybridized carbons (Fsp3) is 0.556. The molecule has 1 aliphatic heterocycles. The standard InChI is InChI=1S/C18H25BrN6O4/c1-4-28-14(29-5-2)8-21-16-17(25-9-12(10-25)24(3)18(26)27)23-15-13(22-16)6-11(19)7-20-15/h6-7,12,14H,4-5,8-10H2,1-3H3,(H,21,22)(H,26,27). The van der Waals surface area contributed by atoms with Crippen LogP contribution in [0.15, 0.2) is 16.7 Å². The summed E-state index contributed by atoms with van der Waals surface area (Å²) < 4.78 is 12.0. The van der Waals surface area contributed by atoms with E-state index in [1.807, 2.05) is 24.8 Å². The summed E-state index contributed by atoms with van der Waals surface area (Å²) in [6.45, 7) is 6.38. The summed E-state index contributed by atoms with van der Waals surface area (Å²) in [5.74, 6) is 1.22. The van der Waals surface area contributed by atoms with E-state index < -0.39 is 12.4 Å². The molecule has 0 spiro atoms. The number of likely N-dealkylation sites (N-methyl/N-ethyl adjacent to an activating group) is 1. The van der Waals surface area contributed by atoms with Crippen molar-refractivity contribution in [3.63, 3.8) is 0 Å². The van der Waals surface area contributed by atoms with E-state index in [1.165, 1.54) is 4.90 Å². The van der Waals surface area contributed by atoms with Gasteiger partial charge < -0.3 is 29.7 Å². The Morgan fingerprint density at radius 1 is 1.38 bits per heavy atom. The molecule has 0 bridgehead atoms. The van der Waals surface area contributed by atoms with Crippen molar-refractivity contribution in [2.24, 2.45) is 0 Å². The van der Waals surface area contributed by atoms with Crippen molar-refractivity contribution < 1.29 is 19.4 Å².